The van der Waals surface area contributed by atoms with Crippen molar-refractivity contribution >= 4 is 46.2 Å². The number of nitrogens with one attached hydrogen (secondary N) is 1. The zero-order chi connectivity index (χ0) is 18.0. The van der Waals surface area contributed by atoms with Crippen LogP contribution in [0.2, 0.25) is 0 Å². The van der Waals surface area contributed by atoms with E-state index in [9.17, 15) is 14.0 Å². The van der Waals surface area contributed by atoms with Crippen molar-refractivity contribution in [2.24, 2.45) is 0 Å². The quantitative estimate of drug-likeness (QED) is 0.814. The fourth-order valence-electron chi connectivity index (χ4n) is 2.64. The molecule has 1 N–H and O–H groups in total. The van der Waals surface area contributed by atoms with Crippen LogP contribution < -0.4 is 5.32 Å². The van der Waals surface area contributed by atoms with Crippen LogP contribution in [0.5, 0.6) is 0 Å². The van der Waals surface area contributed by atoms with Gasteiger partial charge in [0.2, 0.25) is 5.91 Å². The summed E-state index contributed by atoms with van der Waals surface area (Å²) in [4.78, 5) is 29.0. The molecule has 5 nitrogen and oxygen atoms in total. The van der Waals surface area contributed by atoms with Crippen molar-refractivity contribution in [2.45, 2.75) is 19.0 Å². The Morgan fingerprint density at radius 1 is 1.32 bits per heavy atom. The molecule has 0 radical (unpaired) electrons. The molecule has 1 aromatic carbocycles. The predicted octanol–water partition coefficient (Wildman–Crippen LogP) is 2.84. The molecule has 2 aromatic rings. The second-order valence-corrected chi connectivity index (χ2v) is 7.06. The molecule has 0 bridgehead atoms. The van der Waals surface area contributed by atoms with Crippen molar-refractivity contribution in [1.82, 2.24) is 9.80 Å². The van der Waals surface area contributed by atoms with Gasteiger partial charge in [0.1, 0.15) is 11.9 Å². The summed E-state index contributed by atoms with van der Waals surface area (Å²) < 4.78 is 12.9. The second kappa shape index (κ2) is 7.28. The lowest BCUT2D eigenvalue weighted by atomic mass is 10.1. The van der Waals surface area contributed by atoms with Crippen LogP contribution in [-0.4, -0.2) is 39.8 Å². The molecule has 0 saturated carbocycles. The lowest BCUT2D eigenvalue weighted by Crippen LogP contribution is -2.37. The summed E-state index contributed by atoms with van der Waals surface area (Å²) in [7, 11) is 1.62. The van der Waals surface area contributed by atoms with E-state index in [1.54, 1.807) is 23.3 Å². The summed E-state index contributed by atoms with van der Waals surface area (Å²) in [6.07, 6.45) is -0.0218. The van der Waals surface area contributed by atoms with Crippen LogP contribution in [0.25, 0.3) is 0 Å². The standard InChI is InChI=1S/C17H16FN3O2S2/c1-20-16(23)14(21(17(20)24)10-13-3-2-8-25-13)9-15(22)19-12-6-4-11(18)5-7-12/h2-8,14H,9-10H2,1H3,(H,19,22)/t14-/m1/s1. The maximum atomic E-state index is 12.9. The Kier molecular flexibility index (Phi) is 5.10. The molecule has 1 aromatic heterocycles. The van der Waals surface area contributed by atoms with Gasteiger partial charge in [0.05, 0.1) is 13.0 Å². The molecule has 1 fully saturated rings. The Morgan fingerprint density at radius 3 is 2.68 bits per heavy atom. The normalized spacial score (nSPS) is 17.3. The molecule has 8 heteroatoms. The van der Waals surface area contributed by atoms with E-state index >= 15 is 0 Å². The van der Waals surface area contributed by atoms with Crippen LogP contribution in [-0.2, 0) is 16.1 Å². The van der Waals surface area contributed by atoms with Crippen LogP contribution >= 0.6 is 23.6 Å². The fourth-order valence-corrected chi connectivity index (χ4v) is 3.63. The van der Waals surface area contributed by atoms with Crippen molar-refractivity contribution < 1.29 is 14.0 Å². The molecule has 0 unspecified atom stereocenters. The number of halogens is 1. The number of likely N-dealkylation sites (N-methyl/N-ethyl adjacent to an activating group) is 1. The van der Waals surface area contributed by atoms with Crippen LogP contribution in [0.3, 0.4) is 0 Å². The van der Waals surface area contributed by atoms with Crippen LogP contribution in [0.4, 0.5) is 10.1 Å². The van der Waals surface area contributed by atoms with Crippen molar-refractivity contribution in [2.75, 3.05) is 12.4 Å². The Morgan fingerprint density at radius 2 is 2.04 bits per heavy atom. The third-order valence-corrected chi connectivity index (χ3v) is 5.31. The topological polar surface area (TPSA) is 52.7 Å². The molecule has 1 atom stereocenters. The summed E-state index contributed by atoms with van der Waals surface area (Å²) >= 11 is 6.92. The van der Waals surface area contributed by atoms with E-state index in [2.05, 4.69) is 5.32 Å². The van der Waals surface area contributed by atoms with Crippen molar-refractivity contribution in [3.8, 4) is 0 Å². The van der Waals surface area contributed by atoms with E-state index in [0.29, 0.717) is 17.3 Å². The predicted molar refractivity (Wildman–Crippen MR) is 98.7 cm³/mol. The molecule has 130 valence electrons. The molecule has 2 heterocycles. The number of hydrogen-bond acceptors (Lipinski definition) is 4. The van der Waals surface area contributed by atoms with Crippen molar-refractivity contribution in [3.05, 3.63) is 52.5 Å². The van der Waals surface area contributed by atoms with Crippen molar-refractivity contribution in [1.29, 1.82) is 0 Å². The molecular weight excluding hydrogens is 361 g/mol. The molecule has 3 rings (SSSR count). The third kappa shape index (κ3) is 3.85. The molecule has 0 spiro atoms. The lowest BCUT2D eigenvalue weighted by molar-refractivity contribution is -0.130. The number of benzene rings is 1. The minimum absolute atomic E-state index is 0.0218. The lowest BCUT2D eigenvalue weighted by Gasteiger charge is -2.22. The number of thiophene rings is 1. The van der Waals surface area contributed by atoms with Gasteiger partial charge in [-0.15, -0.1) is 11.3 Å². The number of anilines is 1. The number of amides is 2. The van der Waals surface area contributed by atoms with Gasteiger partial charge in [-0.2, -0.15) is 0 Å². The highest BCUT2D eigenvalue weighted by atomic mass is 32.1. The first kappa shape index (κ1) is 17.5. The van der Waals surface area contributed by atoms with E-state index in [1.807, 2.05) is 17.5 Å². The van der Waals surface area contributed by atoms with Gasteiger partial charge in [0.25, 0.3) is 5.91 Å². The van der Waals surface area contributed by atoms with Gasteiger partial charge in [-0.05, 0) is 47.9 Å². The van der Waals surface area contributed by atoms with Gasteiger partial charge in [-0.3, -0.25) is 14.5 Å². The summed E-state index contributed by atoms with van der Waals surface area (Å²) in [6, 6.07) is 8.74. The van der Waals surface area contributed by atoms with E-state index in [1.165, 1.54) is 29.2 Å². The number of carbonyl (C=O) groups excluding carboxylic acids is 2. The minimum Gasteiger partial charge on any atom is -0.331 e. The van der Waals surface area contributed by atoms with E-state index < -0.39 is 6.04 Å². The molecule has 1 aliphatic heterocycles. The van der Waals surface area contributed by atoms with Gasteiger partial charge in [-0.1, -0.05) is 6.07 Å². The largest absolute Gasteiger partial charge is 0.331 e. The summed E-state index contributed by atoms with van der Waals surface area (Å²) in [5.74, 6) is -0.895. The third-order valence-electron chi connectivity index (χ3n) is 3.94. The number of nitrogens with zero attached hydrogens (tertiary/aromatic N) is 2. The number of carbonyl (C=O) groups is 2. The highest BCUT2D eigenvalue weighted by molar-refractivity contribution is 7.80. The molecule has 2 amide bonds. The molecule has 25 heavy (non-hydrogen) atoms. The van der Waals surface area contributed by atoms with Gasteiger partial charge < -0.3 is 10.2 Å². The molecule has 1 saturated heterocycles. The smallest absolute Gasteiger partial charge is 0.251 e. The van der Waals surface area contributed by atoms with Gasteiger partial charge >= 0.3 is 0 Å². The molecule has 0 aliphatic carbocycles. The van der Waals surface area contributed by atoms with Crippen molar-refractivity contribution in [3.63, 3.8) is 0 Å². The van der Waals surface area contributed by atoms with Crippen LogP contribution in [0.15, 0.2) is 41.8 Å². The number of thiocarbonyl (C=S) groups is 1. The van der Waals surface area contributed by atoms with E-state index in [-0.39, 0.29) is 24.1 Å². The average molecular weight is 377 g/mol. The molecular formula is C17H16FN3O2S2. The minimum atomic E-state index is -0.639. The first-order chi connectivity index (χ1) is 12.0. The SMILES string of the molecule is CN1C(=O)[C@@H](CC(=O)Nc2ccc(F)cc2)N(Cc2cccs2)C1=S. The second-order valence-electron chi connectivity index (χ2n) is 5.66. The maximum absolute atomic E-state index is 12.9. The zero-order valence-corrected chi connectivity index (χ0v) is 15.1. The summed E-state index contributed by atoms with van der Waals surface area (Å²) in [5.41, 5.74) is 0.484. The molecule has 1 aliphatic rings. The zero-order valence-electron chi connectivity index (χ0n) is 13.4. The Bertz CT molecular complexity index is 793. The maximum Gasteiger partial charge on any atom is 0.251 e. The summed E-state index contributed by atoms with van der Waals surface area (Å²) in [6.45, 7) is 0.487. The Labute approximate surface area is 154 Å². The first-order valence-corrected chi connectivity index (χ1v) is 8.90. The van der Waals surface area contributed by atoms with E-state index in [4.69, 9.17) is 12.2 Å². The number of hydrogen-bond donors (Lipinski definition) is 1. The average Bonchev–Trinajstić information content (AvgIpc) is 3.17. The highest BCUT2D eigenvalue weighted by Gasteiger charge is 2.41. The fraction of sp³-hybridized carbons (Fsp3) is 0.235. The highest BCUT2D eigenvalue weighted by Crippen LogP contribution is 2.24. The first-order valence-electron chi connectivity index (χ1n) is 7.61. The van der Waals surface area contributed by atoms with E-state index in [0.717, 1.165) is 4.88 Å². The van der Waals surface area contributed by atoms with Gasteiger partial charge in [-0.25, -0.2) is 4.39 Å². The monoisotopic (exact) mass is 377 g/mol. The Hall–Kier alpha value is -2.32. The van der Waals surface area contributed by atoms with Crippen LogP contribution in [0, 0.1) is 5.82 Å². The Balaban J connectivity index is 1.71. The number of rotatable bonds is 5. The summed E-state index contributed by atoms with van der Waals surface area (Å²) in [5, 5.41) is 5.05. The van der Waals surface area contributed by atoms with Crippen LogP contribution in [0.1, 0.15) is 11.3 Å². The van der Waals surface area contributed by atoms with Gasteiger partial charge in [0.15, 0.2) is 5.11 Å². The van der Waals surface area contributed by atoms with Gasteiger partial charge in [0, 0.05) is 17.6 Å².